The van der Waals surface area contributed by atoms with E-state index >= 15 is 0 Å². The second-order valence-corrected chi connectivity index (χ2v) is 9.06. The van der Waals surface area contributed by atoms with Gasteiger partial charge in [-0.15, -0.1) is 0 Å². The summed E-state index contributed by atoms with van der Waals surface area (Å²) in [5, 5.41) is 8.86. The first-order valence-electron chi connectivity index (χ1n) is 13.4. The fourth-order valence-corrected chi connectivity index (χ4v) is 3.91. The molecule has 0 heterocycles. The molecule has 188 valence electrons. The highest BCUT2D eigenvalue weighted by atomic mass is 16.5. The Morgan fingerprint density at radius 2 is 1.21 bits per heavy atom. The van der Waals surface area contributed by atoms with Crippen LogP contribution in [-0.4, -0.2) is 24.3 Å². The fraction of sp³-hybridized carbons (Fsp3) is 0.690. The van der Waals surface area contributed by atoms with Gasteiger partial charge in [-0.1, -0.05) is 103 Å². The molecule has 1 aromatic rings. The van der Waals surface area contributed by atoms with Crippen molar-refractivity contribution in [3.05, 3.63) is 41.7 Å². The number of allylic oxidation sites excluding steroid dienone is 1. The fourth-order valence-electron chi connectivity index (χ4n) is 3.91. The number of carbonyl (C=O) groups is 1. The van der Waals surface area contributed by atoms with Crippen LogP contribution in [0.25, 0.3) is 0 Å². The zero-order valence-corrected chi connectivity index (χ0v) is 21.3. The van der Waals surface area contributed by atoms with E-state index in [0.29, 0.717) is 23.7 Å². The summed E-state index contributed by atoms with van der Waals surface area (Å²) in [5.41, 5.74) is 0.530. The number of ether oxygens (including phenoxy) is 2. The van der Waals surface area contributed by atoms with Crippen LogP contribution in [0.4, 0.5) is 0 Å². The van der Waals surface area contributed by atoms with Crippen molar-refractivity contribution in [2.24, 2.45) is 0 Å². The number of unbranched alkanes of at least 4 members (excludes halogenated alkanes) is 15. The van der Waals surface area contributed by atoms with Crippen LogP contribution in [0.1, 0.15) is 127 Å². The van der Waals surface area contributed by atoms with Gasteiger partial charge >= 0.3 is 5.97 Å². The first-order chi connectivity index (χ1) is 16.2. The number of hydrogen-bond acceptors (Lipinski definition) is 4. The van der Waals surface area contributed by atoms with Crippen molar-refractivity contribution in [2.45, 2.75) is 117 Å². The molecule has 0 aliphatic rings. The Hall–Kier alpha value is -1.81. The van der Waals surface area contributed by atoms with Gasteiger partial charge < -0.3 is 14.6 Å². The summed E-state index contributed by atoms with van der Waals surface area (Å²) in [5.74, 6) is 0.966. The molecule has 0 saturated heterocycles. The Balaban J connectivity index is 1.92. The molecule has 0 amide bonds. The topological polar surface area (TPSA) is 55.8 Å². The Morgan fingerprint density at radius 3 is 1.67 bits per heavy atom. The first-order valence-corrected chi connectivity index (χ1v) is 13.4. The van der Waals surface area contributed by atoms with Gasteiger partial charge in [-0.25, -0.2) is 4.79 Å². The van der Waals surface area contributed by atoms with E-state index in [9.17, 15) is 4.79 Å². The Kier molecular flexibility index (Phi) is 18.4. The number of hydrogen-bond donors (Lipinski definition) is 1. The molecule has 0 radical (unpaired) electrons. The number of aliphatic hydroxyl groups excluding tert-OH is 1. The third-order valence-corrected chi connectivity index (χ3v) is 5.98. The highest BCUT2D eigenvalue weighted by molar-refractivity contribution is 5.89. The molecule has 0 spiro atoms. The number of benzene rings is 1. The van der Waals surface area contributed by atoms with E-state index in [4.69, 9.17) is 14.6 Å². The van der Waals surface area contributed by atoms with Gasteiger partial charge in [-0.05, 0) is 43.7 Å². The minimum Gasteiger partial charge on any atom is -0.462 e. The molecule has 0 aliphatic carbocycles. The SMILES string of the molecule is CCCCCCCCCCCCCCCCCCOC(=O)c1ccc(OC(C)=CCO)cc1. The van der Waals surface area contributed by atoms with Crippen LogP contribution in [-0.2, 0) is 4.74 Å². The van der Waals surface area contributed by atoms with Crippen molar-refractivity contribution >= 4 is 5.97 Å². The van der Waals surface area contributed by atoms with Gasteiger partial charge in [0.25, 0.3) is 0 Å². The van der Waals surface area contributed by atoms with Gasteiger partial charge in [0, 0.05) is 0 Å². The lowest BCUT2D eigenvalue weighted by molar-refractivity contribution is 0.0497. The van der Waals surface area contributed by atoms with E-state index in [1.165, 1.54) is 89.9 Å². The standard InChI is InChI=1S/C29H48O4/c1-3-4-5-6-7-8-9-10-11-12-13-14-15-16-17-18-25-32-29(31)27-19-21-28(22-20-27)33-26(2)23-24-30/h19-23,30H,3-18,24-25H2,1-2H3. The molecule has 0 unspecified atom stereocenters. The molecule has 0 aromatic heterocycles. The lowest BCUT2D eigenvalue weighted by atomic mass is 10.0. The molecular formula is C29H48O4. The van der Waals surface area contributed by atoms with Crippen LogP contribution in [0.15, 0.2) is 36.1 Å². The molecule has 4 nitrogen and oxygen atoms in total. The largest absolute Gasteiger partial charge is 0.462 e. The zero-order valence-electron chi connectivity index (χ0n) is 21.3. The van der Waals surface area contributed by atoms with E-state index in [1.807, 2.05) is 0 Å². The van der Waals surface area contributed by atoms with Crippen LogP contribution in [0, 0.1) is 0 Å². The van der Waals surface area contributed by atoms with Crippen LogP contribution >= 0.6 is 0 Å². The Morgan fingerprint density at radius 1 is 0.758 bits per heavy atom. The van der Waals surface area contributed by atoms with Gasteiger partial charge in [0.15, 0.2) is 0 Å². The maximum absolute atomic E-state index is 12.1. The van der Waals surface area contributed by atoms with Gasteiger partial charge in [0.05, 0.1) is 24.5 Å². The highest BCUT2D eigenvalue weighted by Crippen LogP contribution is 2.16. The van der Waals surface area contributed by atoms with E-state index in [1.54, 1.807) is 37.3 Å². The molecule has 4 heteroatoms. The maximum atomic E-state index is 12.1. The normalized spacial score (nSPS) is 11.5. The predicted octanol–water partition coefficient (Wildman–Crippen LogP) is 8.38. The first kappa shape index (κ1) is 29.2. The minimum atomic E-state index is -0.287. The summed E-state index contributed by atoms with van der Waals surface area (Å²) in [6.07, 6.45) is 22.9. The molecule has 1 N–H and O–H groups in total. The third-order valence-electron chi connectivity index (χ3n) is 5.98. The number of carbonyl (C=O) groups excluding carboxylic acids is 1. The monoisotopic (exact) mass is 460 g/mol. The summed E-state index contributed by atoms with van der Waals surface area (Å²) in [6.45, 7) is 4.47. The number of esters is 1. The van der Waals surface area contributed by atoms with Crippen LogP contribution in [0.5, 0.6) is 5.75 Å². The molecule has 0 fully saturated rings. The van der Waals surface area contributed by atoms with Crippen molar-refractivity contribution < 1.29 is 19.4 Å². The highest BCUT2D eigenvalue weighted by Gasteiger charge is 2.07. The van der Waals surface area contributed by atoms with Crippen molar-refractivity contribution in [1.82, 2.24) is 0 Å². The third kappa shape index (κ3) is 16.4. The van der Waals surface area contributed by atoms with E-state index in [-0.39, 0.29) is 12.6 Å². The number of aliphatic hydroxyl groups is 1. The molecule has 1 rings (SSSR count). The van der Waals surface area contributed by atoms with Gasteiger partial charge in [0.1, 0.15) is 5.75 Å². The summed E-state index contributed by atoms with van der Waals surface area (Å²) in [4.78, 5) is 12.1. The molecule has 0 saturated carbocycles. The van der Waals surface area contributed by atoms with Gasteiger partial charge in [-0.3, -0.25) is 0 Å². The molecule has 0 atom stereocenters. The van der Waals surface area contributed by atoms with Crippen LogP contribution < -0.4 is 4.74 Å². The van der Waals surface area contributed by atoms with Crippen molar-refractivity contribution in [1.29, 1.82) is 0 Å². The average molecular weight is 461 g/mol. The lowest BCUT2D eigenvalue weighted by Gasteiger charge is -2.08. The van der Waals surface area contributed by atoms with Crippen LogP contribution in [0.3, 0.4) is 0 Å². The van der Waals surface area contributed by atoms with E-state index in [0.717, 1.165) is 12.8 Å². The minimum absolute atomic E-state index is 0.0599. The maximum Gasteiger partial charge on any atom is 0.338 e. The molecule has 1 aromatic carbocycles. The Labute approximate surface area is 202 Å². The quantitative estimate of drug-likeness (QED) is 0.114. The predicted molar refractivity (Wildman–Crippen MR) is 138 cm³/mol. The molecular weight excluding hydrogens is 412 g/mol. The number of rotatable bonds is 21. The van der Waals surface area contributed by atoms with Crippen molar-refractivity contribution in [3.8, 4) is 5.75 Å². The van der Waals surface area contributed by atoms with E-state index < -0.39 is 0 Å². The van der Waals surface area contributed by atoms with Gasteiger partial charge in [-0.2, -0.15) is 0 Å². The molecule has 33 heavy (non-hydrogen) atoms. The summed E-state index contributed by atoms with van der Waals surface area (Å²) >= 11 is 0. The smallest absolute Gasteiger partial charge is 0.338 e. The zero-order chi connectivity index (χ0) is 24.0. The van der Waals surface area contributed by atoms with Gasteiger partial charge in [0.2, 0.25) is 0 Å². The lowest BCUT2D eigenvalue weighted by Crippen LogP contribution is -2.06. The second-order valence-electron chi connectivity index (χ2n) is 9.06. The Bertz CT molecular complexity index is 621. The summed E-state index contributed by atoms with van der Waals surface area (Å²) in [7, 11) is 0. The van der Waals surface area contributed by atoms with Crippen molar-refractivity contribution in [3.63, 3.8) is 0 Å². The van der Waals surface area contributed by atoms with E-state index in [2.05, 4.69) is 6.92 Å². The molecule has 0 aliphatic heterocycles. The summed E-state index contributed by atoms with van der Waals surface area (Å²) < 4.78 is 10.9. The second kappa shape index (κ2) is 20.8. The summed E-state index contributed by atoms with van der Waals surface area (Å²) in [6, 6.07) is 6.88. The molecule has 0 bridgehead atoms. The van der Waals surface area contributed by atoms with Crippen molar-refractivity contribution in [2.75, 3.05) is 13.2 Å². The van der Waals surface area contributed by atoms with Crippen LogP contribution in [0.2, 0.25) is 0 Å². The average Bonchev–Trinajstić information content (AvgIpc) is 2.81.